The van der Waals surface area contributed by atoms with E-state index in [-0.39, 0.29) is 12.6 Å². The maximum atomic E-state index is 13.3. The van der Waals surface area contributed by atoms with Gasteiger partial charge in [0.1, 0.15) is 6.04 Å². The summed E-state index contributed by atoms with van der Waals surface area (Å²) in [6, 6.07) is 6.03. The Balaban J connectivity index is 2.96. The Morgan fingerprint density at radius 3 is 1.89 bits per heavy atom. The van der Waals surface area contributed by atoms with Crippen molar-refractivity contribution in [3.63, 3.8) is 0 Å². The molecule has 1 atom stereocenters. The number of carbonyl (C=O) groups excluding carboxylic acids is 1. The van der Waals surface area contributed by atoms with Crippen LogP contribution in [-0.2, 0) is 35.8 Å². The molecule has 0 heterocycles. The Labute approximate surface area is 161 Å². The molecule has 0 spiro atoms. The predicted molar refractivity (Wildman–Crippen MR) is 104 cm³/mol. The molecule has 152 valence electrons. The lowest BCUT2D eigenvalue weighted by atomic mass is 10.0. The summed E-state index contributed by atoms with van der Waals surface area (Å²) in [5.74, 6) is -1.10. The molecule has 0 saturated carbocycles. The zero-order valence-corrected chi connectivity index (χ0v) is 17.7. The van der Waals surface area contributed by atoms with Crippen LogP contribution in [0.3, 0.4) is 0 Å². The number of benzene rings is 1. The normalized spacial score (nSPS) is 13.9. The quantitative estimate of drug-likeness (QED) is 0.484. The van der Waals surface area contributed by atoms with Crippen LogP contribution in [0.2, 0.25) is 0 Å². The summed E-state index contributed by atoms with van der Waals surface area (Å²) in [7, 11) is -3.41. The first-order valence-corrected chi connectivity index (χ1v) is 10.5. The summed E-state index contributed by atoms with van der Waals surface area (Å²) in [5.41, 5.74) is 0.237. The first-order chi connectivity index (χ1) is 12.2. The second-order valence-corrected chi connectivity index (χ2v) is 10.3. The van der Waals surface area contributed by atoms with E-state index >= 15 is 0 Å². The highest BCUT2D eigenvalue weighted by Gasteiger charge is 2.35. The van der Waals surface area contributed by atoms with E-state index in [2.05, 4.69) is 5.32 Å². The zero-order chi connectivity index (χ0) is 20.9. The standard InChI is InChI=1S/C19H30NO6P/c1-18(2,3)25-27(24,26-19(4,5)6)12-15-9-7-14(8-10-15)11-16(17(22)23)20-13-21/h7-10,13,16H,11-12H2,1-6H3,(H,20,21)(H,22,23). The van der Waals surface area contributed by atoms with E-state index < -0.39 is 30.8 Å². The van der Waals surface area contributed by atoms with E-state index in [4.69, 9.17) is 14.2 Å². The summed E-state index contributed by atoms with van der Waals surface area (Å²) in [4.78, 5) is 21.6. The second kappa shape index (κ2) is 9.00. The summed E-state index contributed by atoms with van der Waals surface area (Å²) in [6.45, 7) is 10.9. The Hall–Kier alpha value is -1.69. The highest BCUT2D eigenvalue weighted by atomic mass is 31.2. The number of nitrogens with one attached hydrogen (secondary N) is 1. The molecule has 2 N–H and O–H groups in total. The summed E-state index contributed by atoms with van der Waals surface area (Å²) >= 11 is 0. The number of carbonyl (C=O) groups is 2. The third-order valence-corrected chi connectivity index (χ3v) is 5.64. The van der Waals surface area contributed by atoms with Crippen LogP contribution in [0.25, 0.3) is 0 Å². The smallest absolute Gasteiger partial charge is 0.336 e. The lowest BCUT2D eigenvalue weighted by Crippen LogP contribution is -2.37. The van der Waals surface area contributed by atoms with Gasteiger partial charge in [-0.1, -0.05) is 24.3 Å². The first kappa shape index (κ1) is 23.3. The number of hydrogen-bond donors (Lipinski definition) is 2. The molecule has 0 saturated heterocycles. The van der Waals surface area contributed by atoms with Gasteiger partial charge in [0.25, 0.3) is 0 Å². The minimum absolute atomic E-state index is 0.108. The molecule has 0 fully saturated rings. The zero-order valence-electron chi connectivity index (χ0n) is 16.8. The van der Waals surface area contributed by atoms with Gasteiger partial charge in [0.05, 0.1) is 17.4 Å². The van der Waals surface area contributed by atoms with Crippen molar-refractivity contribution >= 4 is 20.0 Å². The van der Waals surface area contributed by atoms with Gasteiger partial charge in [-0.05, 0) is 52.7 Å². The summed E-state index contributed by atoms with van der Waals surface area (Å²) in [6.07, 6.45) is 0.636. The van der Waals surface area contributed by atoms with E-state index in [1.807, 2.05) is 41.5 Å². The third-order valence-electron chi connectivity index (χ3n) is 3.23. The predicted octanol–water partition coefficient (Wildman–Crippen LogP) is 3.75. The van der Waals surface area contributed by atoms with E-state index in [0.29, 0.717) is 6.41 Å². The minimum atomic E-state index is -3.41. The Kier molecular flexibility index (Phi) is 7.78. The molecule has 0 bridgehead atoms. The molecule has 0 radical (unpaired) electrons. The number of amides is 1. The molecule has 8 heteroatoms. The van der Waals surface area contributed by atoms with Crippen LogP contribution >= 0.6 is 7.60 Å². The fourth-order valence-electron chi connectivity index (χ4n) is 2.46. The summed E-state index contributed by atoms with van der Waals surface area (Å²) in [5, 5.41) is 11.4. The molecule has 1 amide bonds. The fourth-order valence-corrected chi connectivity index (χ4v) is 4.95. The molecule has 1 aromatic rings. The van der Waals surface area contributed by atoms with E-state index in [0.717, 1.165) is 11.1 Å². The van der Waals surface area contributed by atoms with Crippen LogP contribution in [0.1, 0.15) is 52.7 Å². The molecular formula is C19H30NO6P. The van der Waals surface area contributed by atoms with E-state index in [1.165, 1.54) is 0 Å². The van der Waals surface area contributed by atoms with Crippen molar-refractivity contribution in [2.75, 3.05) is 0 Å². The maximum absolute atomic E-state index is 13.3. The van der Waals surface area contributed by atoms with Crippen LogP contribution < -0.4 is 5.32 Å². The topological polar surface area (TPSA) is 102 Å². The van der Waals surface area contributed by atoms with Crippen molar-refractivity contribution in [1.82, 2.24) is 5.32 Å². The van der Waals surface area contributed by atoms with Gasteiger partial charge < -0.3 is 19.5 Å². The van der Waals surface area contributed by atoms with E-state index in [9.17, 15) is 14.2 Å². The van der Waals surface area contributed by atoms with Gasteiger partial charge in [-0.25, -0.2) is 4.79 Å². The Bertz CT molecular complexity index is 668. The molecule has 0 aromatic heterocycles. The van der Waals surface area contributed by atoms with Crippen LogP contribution in [0.5, 0.6) is 0 Å². The van der Waals surface area contributed by atoms with Crippen molar-refractivity contribution in [3.8, 4) is 0 Å². The SMILES string of the molecule is CC(C)(C)OP(=O)(Cc1ccc(CC(NC=O)C(=O)O)cc1)OC(C)(C)C. The van der Waals surface area contributed by atoms with Gasteiger partial charge >= 0.3 is 13.6 Å². The van der Waals surface area contributed by atoms with Crippen LogP contribution in [0, 0.1) is 0 Å². The number of aliphatic carboxylic acids is 1. The molecule has 0 aliphatic heterocycles. The average Bonchev–Trinajstić information content (AvgIpc) is 2.44. The van der Waals surface area contributed by atoms with Gasteiger partial charge in [0, 0.05) is 6.42 Å². The Morgan fingerprint density at radius 1 is 1.07 bits per heavy atom. The van der Waals surface area contributed by atoms with Crippen molar-refractivity contribution < 1.29 is 28.3 Å². The molecule has 1 rings (SSSR count). The van der Waals surface area contributed by atoms with Gasteiger partial charge in [-0.15, -0.1) is 0 Å². The first-order valence-electron chi connectivity index (χ1n) is 8.74. The average molecular weight is 399 g/mol. The van der Waals surface area contributed by atoms with Crippen molar-refractivity contribution in [1.29, 1.82) is 0 Å². The molecule has 1 unspecified atom stereocenters. The second-order valence-electron chi connectivity index (χ2n) is 8.37. The molecular weight excluding hydrogens is 369 g/mol. The number of carboxylic acids is 1. The molecule has 1 aromatic carbocycles. The number of hydrogen-bond acceptors (Lipinski definition) is 5. The van der Waals surface area contributed by atoms with Crippen LogP contribution in [0.4, 0.5) is 0 Å². The summed E-state index contributed by atoms with van der Waals surface area (Å²) < 4.78 is 24.8. The molecule has 27 heavy (non-hydrogen) atoms. The Morgan fingerprint density at radius 2 is 1.52 bits per heavy atom. The van der Waals surface area contributed by atoms with Crippen molar-refractivity contribution in [3.05, 3.63) is 35.4 Å². The van der Waals surface area contributed by atoms with Crippen LogP contribution in [0.15, 0.2) is 24.3 Å². The fraction of sp³-hybridized carbons (Fsp3) is 0.579. The van der Waals surface area contributed by atoms with Gasteiger partial charge in [-0.3, -0.25) is 9.36 Å². The van der Waals surface area contributed by atoms with Gasteiger partial charge in [0.2, 0.25) is 6.41 Å². The monoisotopic (exact) mass is 399 g/mol. The lowest BCUT2D eigenvalue weighted by molar-refractivity contribution is -0.140. The minimum Gasteiger partial charge on any atom is -0.480 e. The maximum Gasteiger partial charge on any atom is 0.336 e. The van der Waals surface area contributed by atoms with Crippen molar-refractivity contribution in [2.45, 2.75) is 71.4 Å². The lowest BCUT2D eigenvalue weighted by Gasteiger charge is -2.32. The van der Waals surface area contributed by atoms with E-state index in [1.54, 1.807) is 24.3 Å². The van der Waals surface area contributed by atoms with Gasteiger partial charge in [0.15, 0.2) is 0 Å². The third kappa shape index (κ3) is 9.18. The largest absolute Gasteiger partial charge is 0.480 e. The van der Waals surface area contributed by atoms with Crippen molar-refractivity contribution in [2.24, 2.45) is 0 Å². The molecule has 7 nitrogen and oxygen atoms in total. The van der Waals surface area contributed by atoms with Gasteiger partial charge in [-0.2, -0.15) is 0 Å². The number of carboxylic acid groups (broad SMARTS) is 1. The molecule has 0 aliphatic rings. The molecule has 0 aliphatic carbocycles. The number of rotatable bonds is 9. The highest BCUT2D eigenvalue weighted by molar-refractivity contribution is 7.53. The van der Waals surface area contributed by atoms with Crippen LogP contribution in [-0.4, -0.2) is 34.7 Å². The highest BCUT2D eigenvalue weighted by Crippen LogP contribution is 2.56.